The van der Waals surface area contributed by atoms with Gasteiger partial charge in [0.25, 0.3) is 0 Å². The van der Waals surface area contributed by atoms with Crippen molar-refractivity contribution in [1.82, 2.24) is 10.6 Å². The SMILES string of the molecule is CCNC(=NCC(C)(O)c1ccsc1)NCC1CCCOC1c1ccc(C)cc1.I. The molecule has 1 aliphatic heterocycles. The van der Waals surface area contributed by atoms with Crippen molar-refractivity contribution < 1.29 is 9.84 Å². The molecule has 7 heteroatoms. The van der Waals surface area contributed by atoms with Gasteiger partial charge in [0.1, 0.15) is 5.60 Å². The number of benzene rings is 1. The smallest absolute Gasteiger partial charge is 0.191 e. The number of thiophene rings is 1. The van der Waals surface area contributed by atoms with Gasteiger partial charge in [0, 0.05) is 25.6 Å². The monoisotopic (exact) mass is 543 g/mol. The zero-order chi connectivity index (χ0) is 20.7. The predicted molar refractivity (Wildman–Crippen MR) is 136 cm³/mol. The van der Waals surface area contributed by atoms with E-state index in [1.54, 1.807) is 11.3 Å². The van der Waals surface area contributed by atoms with Crippen LogP contribution in [0.5, 0.6) is 0 Å². The van der Waals surface area contributed by atoms with Crippen LogP contribution >= 0.6 is 35.3 Å². The maximum absolute atomic E-state index is 10.7. The van der Waals surface area contributed by atoms with Gasteiger partial charge in [-0.3, -0.25) is 0 Å². The van der Waals surface area contributed by atoms with E-state index in [1.165, 1.54) is 11.1 Å². The highest BCUT2D eigenvalue weighted by molar-refractivity contribution is 14.0. The van der Waals surface area contributed by atoms with E-state index in [4.69, 9.17) is 4.74 Å². The number of aryl methyl sites for hydroxylation is 1. The Balaban J connectivity index is 0.00000320. The molecule has 1 saturated heterocycles. The lowest BCUT2D eigenvalue weighted by molar-refractivity contribution is -0.0265. The van der Waals surface area contributed by atoms with E-state index in [-0.39, 0.29) is 30.1 Å². The first-order valence-electron chi connectivity index (χ1n) is 10.4. The maximum atomic E-state index is 10.7. The van der Waals surface area contributed by atoms with Crippen molar-refractivity contribution >= 4 is 41.3 Å². The van der Waals surface area contributed by atoms with Gasteiger partial charge in [0.05, 0.1) is 12.6 Å². The maximum Gasteiger partial charge on any atom is 0.191 e. The van der Waals surface area contributed by atoms with Crippen LogP contribution in [-0.2, 0) is 10.3 Å². The molecule has 1 aromatic heterocycles. The highest BCUT2D eigenvalue weighted by Crippen LogP contribution is 2.33. The van der Waals surface area contributed by atoms with E-state index < -0.39 is 5.60 Å². The summed E-state index contributed by atoms with van der Waals surface area (Å²) in [5.74, 6) is 1.11. The summed E-state index contributed by atoms with van der Waals surface area (Å²) in [5.41, 5.74) is 2.44. The van der Waals surface area contributed by atoms with Gasteiger partial charge < -0.3 is 20.5 Å². The summed E-state index contributed by atoms with van der Waals surface area (Å²) in [4.78, 5) is 4.64. The van der Waals surface area contributed by atoms with E-state index in [0.29, 0.717) is 12.5 Å². The molecule has 30 heavy (non-hydrogen) atoms. The normalized spacial score (nSPS) is 21.4. The summed E-state index contributed by atoms with van der Waals surface area (Å²) in [7, 11) is 0. The fourth-order valence-electron chi connectivity index (χ4n) is 3.64. The molecule has 3 N–H and O–H groups in total. The molecule has 3 atom stereocenters. The Hall–Kier alpha value is -1.16. The van der Waals surface area contributed by atoms with Crippen LogP contribution in [0.2, 0.25) is 0 Å². The average molecular weight is 544 g/mol. The zero-order valence-electron chi connectivity index (χ0n) is 18.1. The summed E-state index contributed by atoms with van der Waals surface area (Å²) in [6.45, 7) is 8.64. The number of aliphatic imine (C=N–C) groups is 1. The van der Waals surface area contributed by atoms with Crippen LogP contribution in [0.15, 0.2) is 46.1 Å². The van der Waals surface area contributed by atoms with Gasteiger partial charge in [-0.2, -0.15) is 11.3 Å². The molecule has 0 spiro atoms. The first-order valence-corrected chi connectivity index (χ1v) is 11.4. The molecule has 2 heterocycles. The molecule has 0 amide bonds. The number of halogens is 1. The number of hydrogen-bond acceptors (Lipinski definition) is 4. The Kier molecular flexibility index (Phi) is 10.1. The van der Waals surface area contributed by atoms with Crippen LogP contribution in [0.25, 0.3) is 0 Å². The lowest BCUT2D eigenvalue weighted by Gasteiger charge is -2.33. The molecule has 0 aliphatic carbocycles. The van der Waals surface area contributed by atoms with Crippen LogP contribution in [0.3, 0.4) is 0 Å². The number of nitrogens with zero attached hydrogens (tertiary/aromatic N) is 1. The topological polar surface area (TPSA) is 65.9 Å². The first-order chi connectivity index (χ1) is 14.0. The molecule has 1 fully saturated rings. The van der Waals surface area contributed by atoms with Crippen LogP contribution in [0.1, 0.15) is 49.5 Å². The van der Waals surface area contributed by atoms with Crippen LogP contribution in [-0.4, -0.2) is 37.3 Å². The predicted octanol–water partition coefficient (Wildman–Crippen LogP) is 4.61. The molecule has 0 saturated carbocycles. The Morgan fingerprint density at radius 3 is 2.70 bits per heavy atom. The molecule has 3 rings (SSSR count). The molecule has 2 aromatic rings. The lowest BCUT2D eigenvalue weighted by atomic mass is 9.89. The number of rotatable bonds is 7. The number of nitrogens with one attached hydrogen (secondary N) is 2. The van der Waals surface area contributed by atoms with Crippen molar-refractivity contribution in [1.29, 1.82) is 0 Å². The molecular weight excluding hydrogens is 509 g/mol. The third kappa shape index (κ3) is 6.93. The molecule has 0 bridgehead atoms. The highest BCUT2D eigenvalue weighted by atomic mass is 127. The van der Waals surface area contributed by atoms with Gasteiger partial charge in [-0.15, -0.1) is 24.0 Å². The summed E-state index contributed by atoms with van der Waals surface area (Å²) in [5, 5.41) is 21.5. The van der Waals surface area contributed by atoms with E-state index in [2.05, 4.69) is 46.8 Å². The first kappa shape index (κ1) is 25.1. The second-order valence-electron chi connectivity index (χ2n) is 7.97. The molecular formula is C23H34IN3O2S. The summed E-state index contributed by atoms with van der Waals surface area (Å²) in [6.07, 6.45) is 2.31. The highest BCUT2D eigenvalue weighted by Gasteiger charge is 2.28. The van der Waals surface area contributed by atoms with Crippen molar-refractivity contribution in [2.75, 3.05) is 26.2 Å². The van der Waals surface area contributed by atoms with Gasteiger partial charge in [0.15, 0.2) is 5.96 Å². The number of aliphatic hydroxyl groups is 1. The second-order valence-corrected chi connectivity index (χ2v) is 8.75. The van der Waals surface area contributed by atoms with Crippen LogP contribution in [0, 0.1) is 12.8 Å². The standard InChI is InChI=1S/C23H33N3O2S.HI/c1-4-24-22(26-16-23(3,27)20-11-13-29-15-20)25-14-19-6-5-12-28-21(19)18-9-7-17(2)8-10-18;/h7-11,13,15,19,21,27H,4-6,12,14,16H2,1-3H3,(H2,24,25,26);1H. The van der Waals surface area contributed by atoms with Gasteiger partial charge in [-0.25, -0.2) is 4.99 Å². The quantitative estimate of drug-likeness (QED) is 0.271. The summed E-state index contributed by atoms with van der Waals surface area (Å²) < 4.78 is 6.13. The third-order valence-electron chi connectivity index (χ3n) is 5.41. The Bertz CT molecular complexity index is 778. The average Bonchev–Trinajstić information content (AvgIpc) is 3.27. The zero-order valence-corrected chi connectivity index (χ0v) is 21.2. The third-order valence-corrected chi connectivity index (χ3v) is 6.10. The summed E-state index contributed by atoms with van der Waals surface area (Å²) >= 11 is 1.59. The molecule has 1 aromatic carbocycles. The second kappa shape index (κ2) is 12.0. The Labute approximate surface area is 201 Å². The molecule has 166 valence electrons. The fraction of sp³-hybridized carbons (Fsp3) is 0.522. The Morgan fingerprint density at radius 2 is 2.03 bits per heavy atom. The minimum absolute atomic E-state index is 0. The van der Waals surface area contributed by atoms with Crippen molar-refractivity contribution in [2.45, 2.75) is 45.3 Å². The van der Waals surface area contributed by atoms with E-state index in [0.717, 1.165) is 44.1 Å². The van der Waals surface area contributed by atoms with E-state index in [9.17, 15) is 5.11 Å². The van der Waals surface area contributed by atoms with Crippen molar-refractivity contribution in [3.63, 3.8) is 0 Å². The van der Waals surface area contributed by atoms with Gasteiger partial charge in [-0.1, -0.05) is 29.8 Å². The van der Waals surface area contributed by atoms with E-state index in [1.807, 2.05) is 30.7 Å². The van der Waals surface area contributed by atoms with Gasteiger partial charge in [-0.05, 0) is 61.6 Å². The van der Waals surface area contributed by atoms with Crippen LogP contribution < -0.4 is 10.6 Å². The van der Waals surface area contributed by atoms with Crippen LogP contribution in [0.4, 0.5) is 0 Å². The van der Waals surface area contributed by atoms with Crippen molar-refractivity contribution in [3.8, 4) is 0 Å². The van der Waals surface area contributed by atoms with Gasteiger partial charge in [0.2, 0.25) is 0 Å². The minimum Gasteiger partial charge on any atom is -0.383 e. The molecule has 0 radical (unpaired) electrons. The number of ether oxygens (including phenoxy) is 1. The number of guanidine groups is 1. The van der Waals surface area contributed by atoms with Crippen molar-refractivity contribution in [2.24, 2.45) is 10.9 Å². The Morgan fingerprint density at radius 1 is 1.27 bits per heavy atom. The molecule has 1 aliphatic rings. The minimum atomic E-state index is -0.971. The van der Waals surface area contributed by atoms with E-state index >= 15 is 0 Å². The fourth-order valence-corrected chi connectivity index (χ4v) is 4.42. The van der Waals surface area contributed by atoms with Gasteiger partial charge >= 0.3 is 0 Å². The number of hydrogen-bond donors (Lipinski definition) is 3. The lowest BCUT2D eigenvalue weighted by Crippen LogP contribution is -2.42. The van der Waals surface area contributed by atoms with Crippen molar-refractivity contribution in [3.05, 3.63) is 57.8 Å². The summed E-state index contributed by atoms with van der Waals surface area (Å²) in [6, 6.07) is 10.6. The molecule has 3 unspecified atom stereocenters. The molecule has 5 nitrogen and oxygen atoms in total. The largest absolute Gasteiger partial charge is 0.383 e.